The topological polar surface area (TPSA) is 25.8 Å². The molecule has 0 fully saturated rings. The van der Waals surface area contributed by atoms with Crippen LogP contribution in [0.3, 0.4) is 0 Å². The Bertz CT molecular complexity index is 276. The van der Waals surface area contributed by atoms with Gasteiger partial charge in [-0.05, 0) is 18.4 Å². The van der Waals surface area contributed by atoms with Crippen LogP contribution in [-0.4, -0.2) is 10.2 Å². The van der Waals surface area contributed by atoms with Crippen LogP contribution in [-0.2, 0) is 6.42 Å². The lowest BCUT2D eigenvalue weighted by Crippen LogP contribution is -1.92. The van der Waals surface area contributed by atoms with Gasteiger partial charge in [-0.25, -0.2) is 0 Å². The van der Waals surface area contributed by atoms with E-state index in [0.29, 0.717) is 5.92 Å². The fourth-order valence-electron chi connectivity index (χ4n) is 0.858. The van der Waals surface area contributed by atoms with Crippen molar-refractivity contribution in [2.45, 2.75) is 27.2 Å². The Morgan fingerprint density at radius 3 is 2.58 bits per heavy atom. The first-order valence-corrected chi connectivity index (χ1v) is 4.89. The molecule has 1 heterocycles. The van der Waals surface area contributed by atoms with Crippen LogP contribution in [0.5, 0.6) is 0 Å². The largest absolute Gasteiger partial charge is 0.143 e. The minimum absolute atomic E-state index is 0.649. The Hall–Kier alpha value is -0.700. The summed E-state index contributed by atoms with van der Waals surface area (Å²) in [6.45, 7) is 10.1. The van der Waals surface area contributed by atoms with E-state index in [4.69, 9.17) is 0 Å². The summed E-state index contributed by atoms with van der Waals surface area (Å²) < 4.78 is 0. The molecule has 1 rings (SSSR count). The molecule has 0 amide bonds. The minimum atomic E-state index is 0.649. The lowest BCUT2D eigenvalue weighted by atomic mass is 10.1. The van der Waals surface area contributed by atoms with Crippen LogP contribution in [0.4, 0.5) is 0 Å². The van der Waals surface area contributed by atoms with Crippen molar-refractivity contribution < 1.29 is 0 Å². The van der Waals surface area contributed by atoms with Crippen LogP contribution in [0, 0.1) is 5.92 Å². The Balaban J connectivity index is 2.71. The van der Waals surface area contributed by atoms with Crippen molar-refractivity contribution in [1.82, 2.24) is 10.2 Å². The predicted octanol–water partition coefficient (Wildman–Crippen LogP) is 2.77. The highest BCUT2D eigenvalue weighted by Crippen LogP contribution is 2.18. The SMILES string of the molecule is C=C(C)c1nnc(CC(C)C)s1. The molecular weight excluding hydrogens is 168 g/mol. The second kappa shape index (κ2) is 3.81. The molecular formula is C9H14N2S. The summed E-state index contributed by atoms with van der Waals surface area (Å²) >= 11 is 1.65. The predicted molar refractivity (Wildman–Crippen MR) is 53.2 cm³/mol. The molecule has 2 nitrogen and oxygen atoms in total. The molecule has 66 valence electrons. The smallest absolute Gasteiger partial charge is 0.142 e. The number of hydrogen-bond donors (Lipinski definition) is 0. The molecule has 1 aromatic heterocycles. The van der Waals surface area contributed by atoms with Crippen LogP contribution >= 0.6 is 11.3 Å². The van der Waals surface area contributed by atoms with Crippen LogP contribution in [0.1, 0.15) is 30.8 Å². The van der Waals surface area contributed by atoms with Crippen LogP contribution in [0.25, 0.3) is 5.57 Å². The molecule has 0 N–H and O–H groups in total. The van der Waals surface area contributed by atoms with Crippen molar-refractivity contribution in [3.8, 4) is 0 Å². The van der Waals surface area contributed by atoms with Gasteiger partial charge in [0.25, 0.3) is 0 Å². The van der Waals surface area contributed by atoms with Crippen LogP contribution in [0.15, 0.2) is 6.58 Å². The molecule has 0 atom stereocenters. The van der Waals surface area contributed by atoms with E-state index in [1.54, 1.807) is 11.3 Å². The maximum Gasteiger partial charge on any atom is 0.142 e. The maximum absolute atomic E-state index is 4.09. The molecule has 0 aliphatic carbocycles. The molecule has 0 aliphatic rings. The first kappa shape index (κ1) is 9.39. The van der Waals surface area contributed by atoms with Crippen molar-refractivity contribution in [1.29, 1.82) is 0 Å². The summed E-state index contributed by atoms with van der Waals surface area (Å²) in [4.78, 5) is 0. The van der Waals surface area contributed by atoms with E-state index < -0.39 is 0 Å². The summed E-state index contributed by atoms with van der Waals surface area (Å²) in [5.74, 6) is 0.649. The third-order valence-corrected chi connectivity index (χ3v) is 2.52. The number of rotatable bonds is 3. The molecule has 0 saturated heterocycles. The van der Waals surface area contributed by atoms with Crippen molar-refractivity contribution in [2.24, 2.45) is 5.92 Å². The van der Waals surface area contributed by atoms with Crippen molar-refractivity contribution in [3.63, 3.8) is 0 Å². The third kappa shape index (κ3) is 2.41. The van der Waals surface area contributed by atoms with E-state index in [-0.39, 0.29) is 0 Å². The van der Waals surface area contributed by atoms with Gasteiger partial charge in [-0.1, -0.05) is 31.8 Å². The summed E-state index contributed by atoms with van der Waals surface area (Å²) in [5.41, 5.74) is 1.00. The fourth-order valence-corrected chi connectivity index (χ4v) is 1.84. The molecule has 0 aliphatic heterocycles. The van der Waals surface area contributed by atoms with Crippen molar-refractivity contribution >= 4 is 16.9 Å². The summed E-state index contributed by atoms with van der Waals surface area (Å²) in [6, 6.07) is 0. The molecule has 1 aromatic rings. The molecule has 0 spiro atoms. The highest BCUT2D eigenvalue weighted by Gasteiger charge is 2.05. The number of aromatic nitrogens is 2. The number of hydrogen-bond acceptors (Lipinski definition) is 3. The zero-order valence-electron chi connectivity index (χ0n) is 7.79. The van der Waals surface area contributed by atoms with Gasteiger partial charge >= 0.3 is 0 Å². The highest BCUT2D eigenvalue weighted by molar-refractivity contribution is 7.12. The molecule has 0 radical (unpaired) electrons. The average molecular weight is 182 g/mol. The fraction of sp³-hybridized carbons (Fsp3) is 0.556. The first-order valence-electron chi connectivity index (χ1n) is 4.08. The Labute approximate surface area is 77.3 Å². The normalized spacial score (nSPS) is 10.7. The molecule has 0 unspecified atom stereocenters. The van der Waals surface area contributed by atoms with Gasteiger partial charge in [-0.2, -0.15) is 0 Å². The zero-order chi connectivity index (χ0) is 9.14. The maximum atomic E-state index is 4.09. The first-order chi connectivity index (χ1) is 5.59. The van der Waals surface area contributed by atoms with E-state index in [1.807, 2.05) is 6.92 Å². The van der Waals surface area contributed by atoms with Gasteiger partial charge < -0.3 is 0 Å². The highest BCUT2D eigenvalue weighted by atomic mass is 32.1. The monoisotopic (exact) mass is 182 g/mol. The van der Waals surface area contributed by atoms with Gasteiger partial charge in [0, 0.05) is 6.42 Å². The molecule has 0 aromatic carbocycles. The molecule has 3 heteroatoms. The van der Waals surface area contributed by atoms with E-state index in [9.17, 15) is 0 Å². The van der Waals surface area contributed by atoms with Crippen LogP contribution in [0.2, 0.25) is 0 Å². The van der Waals surface area contributed by atoms with Crippen molar-refractivity contribution in [3.05, 3.63) is 16.6 Å². The van der Waals surface area contributed by atoms with Crippen LogP contribution < -0.4 is 0 Å². The van der Waals surface area contributed by atoms with E-state index in [1.165, 1.54) is 0 Å². The molecule has 12 heavy (non-hydrogen) atoms. The van der Waals surface area contributed by atoms with Gasteiger partial charge in [0.1, 0.15) is 10.0 Å². The minimum Gasteiger partial charge on any atom is -0.143 e. The lowest BCUT2D eigenvalue weighted by Gasteiger charge is -1.96. The number of allylic oxidation sites excluding steroid dienone is 1. The van der Waals surface area contributed by atoms with Gasteiger partial charge in [0.15, 0.2) is 0 Å². The van der Waals surface area contributed by atoms with E-state index in [0.717, 1.165) is 22.0 Å². The number of nitrogens with zero attached hydrogens (tertiary/aromatic N) is 2. The van der Waals surface area contributed by atoms with Gasteiger partial charge in [0.2, 0.25) is 0 Å². The van der Waals surface area contributed by atoms with Gasteiger partial charge in [-0.15, -0.1) is 10.2 Å². The van der Waals surface area contributed by atoms with Gasteiger partial charge in [-0.3, -0.25) is 0 Å². The van der Waals surface area contributed by atoms with Gasteiger partial charge in [0.05, 0.1) is 0 Å². The van der Waals surface area contributed by atoms with Crippen molar-refractivity contribution in [2.75, 3.05) is 0 Å². The van der Waals surface area contributed by atoms with E-state index in [2.05, 4.69) is 30.6 Å². The summed E-state index contributed by atoms with van der Waals surface area (Å²) in [6.07, 6.45) is 1.02. The molecule has 0 bridgehead atoms. The summed E-state index contributed by atoms with van der Waals surface area (Å²) in [5, 5.41) is 10.2. The lowest BCUT2D eigenvalue weighted by molar-refractivity contribution is 0.639. The Morgan fingerprint density at radius 1 is 1.50 bits per heavy atom. The average Bonchev–Trinajstić information content (AvgIpc) is 2.34. The van der Waals surface area contributed by atoms with E-state index >= 15 is 0 Å². The standard InChI is InChI=1S/C9H14N2S/c1-6(2)5-8-10-11-9(12-8)7(3)4/h6H,3,5H2,1-2,4H3. The zero-order valence-corrected chi connectivity index (χ0v) is 8.61. The molecule has 0 saturated carbocycles. The third-order valence-electron chi connectivity index (χ3n) is 1.41. The second-order valence-electron chi connectivity index (χ2n) is 3.38. The Kier molecular flexibility index (Phi) is 2.98. The second-order valence-corrected chi connectivity index (χ2v) is 4.44. The summed E-state index contributed by atoms with van der Waals surface area (Å²) in [7, 11) is 0. The Morgan fingerprint density at radius 2 is 2.17 bits per heavy atom. The quantitative estimate of drug-likeness (QED) is 0.718.